The van der Waals surface area contributed by atoms with Gasteiger partial charge in [0.15, 0.2) is 5.82 Å². The lowest BCUT2D eigenvalue weighted by atomic mass is 10.2. The molecule has 0 aliphatic rings. The second-order valence-corrected chi connectivity index (χ2v) is 6.57. The van der Waals surface area contributed by atoms with Crippen LogP contribution in [-0.4, -0.2) is 27.4 Å². The summed E-state index contributed by atoms with van der Waals surface area (Å²) >= 11 is 5.03. The van der Waals surface area contributed by atoms with Crippen LogP contribution in [0.25, 0.3) is 11.4 Å². The van der Waals surface area contributed by atoms with Crippen LogP contribution < -0.4 is 4.74 Å². The second kappa shape index (κ2) is 7.06. The molecule has 7 heteroatoms. The number of hydrogen-bond acceptors (Lipinski definition) is 5. The van der Waals surface area contributed by atoms with E-state index in [1.54, 1.807) is 43.1 Å². The van der Waals surface area contributed by atoms with E-state index in [2.05, 4.69) is 31.1 Å². The Kier molecular flexibility index (Phi) is 4.88. The number of benzene rings is 2. The second-order valence-electron chi connectivity index (χ2n) is 4.77. The van der Waals surface area contributed by atoms with Crippen LogP contribution in [0.1, 0.15) is 5.56 Å². The maximum atomic E-state index is 9.32. The molecule has 5 nitrogen and oxygen atoms in total. The van der Waals surface area contributed by atoms with E-state index in [0.29, 0.717) is 11.0 Å². The van der Waals surface area contributed by atoms with Gasteiger partial charge in [-0.2, -0.15) is 0 Å². The lowest BCUT2D eigenvalue weighted by molar-refractivity contribution is 0.412. The summed E-state index contributed by atoms with van der Waals surface area (Å²) in [5.74, 6) is 2.48. The zero-order valence-corrected chi connectivity index (χ0v) is 14.7. The first-order valence-electron chi connectivity index (χ1n) is 6.83. The van der Waals surface area contributed by atoms with Crippen LogP contribution in [-0.2, 0) is 5.75 Å². The molecule has 2 aromatic carbocycles. The van der Waals surface area contributed by atoms with Gasteiger partial charge in [0, 0.05) is 11.3 Å². The van der Waals surface area contributed by atoms with Gasteiger partial charge in [-0.1, -0.05) is 17.8 Å². The van der Waals surface area contributed by atoms with Gasteiger partial charge in [0.25, 0.3) is 0 Å². The Morgan fingerprint density at radius 3 is 2.70 bits per heavy atom. The average Bonchev–Trinajstić information content (AvgIpc) is 3.03. The Labute approximate surface area is 146 Å². The zero-order chi connectivity index (χ0) is 16.2. The molecule has 0 unspecified atom stereocenters. The van der Waals surface area contributed by atoms with Crippen molar-refractivity contribution >= 4 is 27.7 Å². The summed E-state index contributed by atoms with van der Waals surface area (Å²) in [6.45, 7) is 0. The monoisotopic (exact) mass is 391 g/mol. The van der Waals surface area contributed by atoms with Crippen molar-refractivity contribution in [2.75, 3.05) is 7.11 Å². The van der Waals surface area contributed by atoms with Crippen molar-refractivity contribution in [2.45, 2.75) is 10.9 Å². The van der Waals surface area contributed by atoms with E-state index < -0.39 is 0 Å². The molecule has 0 atom stereocenters. The highest BCUT2D eigenvalue weighted by Crippen LogP contribution is 2.29. The van der Waals surface area contributed by atoms with Crippen molar-refractivity contribution in [1.29, 1.82) is 0 Å². The molecular formula is C16H14BrN3O2S. The summed E-state index contributed by atoms with van der Waals surface area (Å²) in [4.78, 5) is 4.46. The van der Waals surface area contributed by atoms with E-state index in [-0.39, 0.29) is 5.75 Å². The predicted molar refractivity (Wildman–Crippen MR) is 93.7 cm³/mol. The maximum absolute atomic E-state index is 9.32. The van der Waals surface area contributed by atoms with E-state index in [4.69, 9.17) is 4.74 Å². The van der Waals surface area contributed by atoms with E-state index in [1.165, 1.54) is 0 Å². The molecular weight excluding hydrogens is 378 g/mol. The summed E-state index contributed by atoms with van der Waals surface area (Å²) in [5.41, 5.74) is 2.04. The highest BCUT2D eigenvalue weighted by molar-refractivity contribution is 9.10. The first-order chi connectivity index (χ1) is 11.2. The van der Waals surface area contributed by atoms with Gasteiger partial charge >= 0.3 is 0 Å². The topological polar surface area (TPSA) is 71.0 Å². The molecule has 0 spiro atoms. The highest BCUT2D eigenvalue weighted by atomic mass is 79.9. The normalized spacial score (nSPS) is 10.7. The predicted octanol–water partition coefficient (Wildman–Crippen LogP) is 4.24. The number of rotatable bonds is 5. The minimum Gasteiger partial charge on any atom is -0.508 e. The number of aromatic nitrogens is 3. The van der Waals surface area contributed by atoms with Gasteiger partial charge in [0.2, 0.25) is 5.16 Å². The van der Waals surface area contributed by atoms with Crippen LogP contribution >= 0.6 is 27.7 Å². The maximum Gasteiger partial charge on any atom is 0.209 e. The number of methoxy groups -OCH3 is 1. The number of nitrogens with one attached hydrogen (secondary N) is 1. The van der Waals surface area contributed by atoms with Crippen LogP contribution in [0.5, 0.6) is 11.5 Å². The first kappa shape index (κ1) is 15.9. The number of ether oxygens (including phenoxy) is 1. The van der Waals surface area contributed by atoms with Crippen LogP contribution in [0, 0.1) is 0 Å². The quantitative estimate of drug-likeness (QED) is 0.636. The van der Waals surface area contributed by atoms with Crippen molar-refractivity contribution in [2.24, 2.45) is 0 Å². The number of aromatic amines is 1. The molecule has 0 saturated heterocycles. The molecule has 0 aliphatic carbocycles. The minimum absolute atomic E-state index is 0.230. The largest absolute Gasteiger partial charge is 0.508 e. The molecule has 23 heavy (non-hydrogen) atoms. The van der Waals surface area contributed by atoms with Gasteiger partial charge in [0.1, 0.15) is 11.5 Å². The van der Waals surface area contributed by atoms with Gasteiger partial charge in [-0.05, 0) is 57.9 Å². The van der Waals surface area contributed by atoms with Gasteiger partial charge in [-0.3, -0.25) is 5.10 Å². The average molecular weight is 392 g/mol. The smallest absolute Gasteiger partial charge is 0.209 e. The van der Waals surface area contributed by atoms with Crippen LogP contribution in [0.2, 0.25) is 0 Å². The van der Waals surface area contributed by atoms with Crippen LogP contribution in [0.15, 0.2) is 52.1 Å². The lowest BCUT2D eigenvalue weighted by Crippen LogP contribution is -1.87. The Bertz CT molecular complexity index is 805. The number of phenolic OH excluding ortho intramolecular Hbond substituents is 1. The third-order valence-corrected chi connectivity index (χ3v) is 4.73. The third kappa shape index (κ3) is 3.86. The number of thioether (sulfide) groups is 1. The fourth-order valence-corrected chi connectivity index (χ4v) is 3.34. The highest BCUT2D eigenvalue weighted by Gasteiger charge is 2.08. The van der Waals surface area contributed by atoms with Gasteiger partial charge in [0.05, 0.1) is 11.6 Å². The van der Waals surface area contributed by atoms with Gasteiger partial charge in [-0.25, -0.2) is 4.98 Å². The zero-order valence-electron chi connectivity index (χ0n) is 12.3. The summed E-state index contributed by atoms with van der Waals surface area (Å²) in [5, 5.41) is 17.1. The van der Waals surface area contributed by atoms with E-state index in [1.807, 2.05) is 18.2 Å². The van der Waals surface area contributed by atoms with Crippen LogP contribution in [0.4, 0.5) is 0 Å². The molecule has 1 heterocycles. The van der Waals surface area contributed by atoms with Crippen molar-refractivity contribution in [3.8, 4) is 22.9 Å². The first-order valence-corrected chi connectivity index (χ1v) is 8.60. The van der Waals surface area contributed by atoms with Crippen molar-refractivity contribution in [3.63, 3.8) is 0 Å². The van der Waals surface area contributed by atoms with E-state index in [0.717, 1.165) is 27.1 Å². The third-order valence-electron chi connectivity index (χ3n) is 3.19. The standard InChI is InChI=1S/C16H14BrN3O2S/c1-22-14-7-2-10(8-13(14)17)9-23-16-18-15(19-20-16)11-3-5-12(21)6-4-11/h2-8,21H,9H2,1H3,(H,18,19,20). The molecule has 0 bridgehead atoms. The minimum atomic E-state index is 0.230. The molecule has 1 aromatic heterocycles. The van der Waals surface area contributed by atoms with E-state index >= 15 is 0 Å². The summed E-state index contributed by atoms with van der Waals surface area (Å²) < 4.78 is 6.15. The van der Waals surface area contributed by atoms with Crippen molar-refractivity contribution in [3.05, 3.63) is 52.5 Å². The number of phenols is 1. The fourth-order valence-electron chi connectivity index (χ4n) is 2.01. The Balaban J connectivity index is 1.67. The Morgan fingerprint density at radius 2 is 2.00 bits per heavy atom. The molecule has 3 aromatic rings. The summed E-state index contributed by atoms with van der Waals surface area (Å²) in [6.07, 6.45) is 0. The molecule has 118 valence electrons. The number of H-pyrrole nitrogens is 1. The van der Waals surface area contributed by atoms with Crippen LogP contribution in [0.3, 0.4) is 0 Å². The lowest BCUT2D eigenvalue weighted by Gasteiger charge is -2.05. The van der Waals surface area contributed by atoms with Crippen molar-refractivity contribution < 1.29 is 9.84 Å². The van der Waals surface area contributed by atoms with Gasteiger partial charge < -0.3 is 9.84 Å². The number of nitrogens with zero attached hydrogens (tertiary/aromatic N) is 2. The number of aromatic hydroxyl groups is 1. The molecule has 0 amide bonds. The number of halogens is 1. The number of hydrogen-bond donors (Lipinski definition) is 2. The van der Waals surface area contributed by atoms with Gasteiger partial charge in [-0.15, -0.1) is 5.10 Å². The SMILES string of the molecule is COc1ccc(CSc2n[nH]c(-c3ccc(O)cc3)n2)cc1Br. The molecule has 3 rings (SSSR count). The Hall–Kier alpha value is -1.99. The summed E-state index contributed by atoms with van der Waals surface area (Å²) in [6, 6.07) is 12.8. The molecule has 0 fully saturated rings. The Morgan fingerprint density at radius 1 is 1.22 bits per heavy atom. The molecule has 0 aliphatic heterocycles. The molecule has 0 saturated carbocycles. The molecule has 0 radical (unpaired) electrons. The molecule has 2 N–H and O–H groups in total. The summed E-state index contributed by atoms with van der Waals surface area (Å²) in [7, 11) is 1.65. The fraction of sp³-hybridized carbons (Fsp3) is 0.125. The van der Waals surface area contributed by atoms with Crippen molar-refractivity contribution in [1.82, 2.24) is 15.2 Å². The van der Waals surface area contributed by atoms with E-state index in [9.17, 15) is 5.11 Å².